The summed E-state index contributed by atoms with van der Waals surface area (Å²) in [7, 11) is 0. The minimum atomic E-state index is -1.00. The van der Waals surface area contributed by atoms with Gasteiger partial charge in [0.05, 0.1) is 35.3 Å². The zero-order valence-electron chi connectivity index (χ0n) is 20.6. The van der Waals surface area contributed by atoms with Gasteiger partial charge in [0.1, 0.15) is 5.82 Å². The first-order valence-electron chi connectivity index (χ1n) is 12.6. The van der Waals surface area contributed by atoms with E-state index < -0.39 is 11.3 Å². The summed E-state index contributed by atoms with van der Waals surface area (Å²) >= 11 is 0. The third-order valence-corrected chi connectivity index (χ3v) is 7.96. The molecular formula is C31H23FN4O2. The fourth-order valence-electron chi connectivity index (χ4n) is 6.22. The lowest BCUT2D eigenvalue weighted by atomic mass is 9.86. The zero-order chi connectivity index (χ0) is 26.0. The van der Waals surface area contributed by atoms with Crippen LogP contribution in [0.1, 0.15) is 28.3 Å². The predicted octanol–water partition coefficient (Wildman–Crippen LogP) is 5.09. The van der Waals surface area contributed by atoms with Crippen molar-refractivity contribution in [2.75, 3.05) is 0 Å². The van der Waals surface area contributed by atoms with Gasteiger partial charge in [0.15, 0.2) is 0 Å². The molecule has 7 heteroatoms. The number of imide groups is 1. The second kappa shape index (κ2) is 8.18. The van der Waals surface area contributed by atoms with Crippen LogP contribution in [0.2, 0.25) is 0 Å². The molecule has 1 aliphatic heterocycles. The van der Waals surface area contributed by atoms with Crippen LogP contribution in [0.5, 0.6) is 0 Å². The van der Waals surface area contributed by atoms with E-state index in [0.29, 0.717) is 0 Å². The second-order valence-electron chi connectivity index (χ2n) is 10.1. The number of hydrogen-bond acceptors (Lipinski definition) is 4. The molecular weight excluding hydrogens is 479 g/mol. The number of halogens is 1. The van der Waals surface area contributed by atoms with Crippen LogP contribution in [-0.4, -0.2) is 31.5 Å². The summed E-state index contributed by atoms with van der Waals surface area (Å²) in [6, 6.07) is 25.4. The normalized spacial score (nSPS) is 22.2. The first-order valence-corrected chi connectivity index (χ1v) is 12.6. The van der Waals surface area contributed by atoms with Crippen LogP contribution in [0.3, 0.4) is 0 Å². The van der Waals surface area contributed by atoms with E-state index in [9.17, 15) is 14.0 Å². The highest BCUT2D eigenvalue weighted by Gasteiger charge is 2.80. The molecule has 2 aliphatic rings. The van der Waals surface area contributed by atoms with Gasteiger partial charge < -0.3 is 0 Å². The number of benzene rings is 3. The van der Waals surface area contributed by atoms with Gasteiger partial charge in [-0.2, -0.15) is 5.10 Å². The van der Waals surface area contributed by atoms with Gasteiger partial charge in [-0.1, -0.05) is 36.4 Å². The minimum absolute atomic E-state index is 0.156. The molecule has 0 spiro atoms. The number of hydrogen-bond donors (Lipinski definition) is 0. The smallest absolute Gasteiger partial charge is 0.241 e. The molecule has 38 heavy (non-hydrogen) atoms. The van der Waals surface area contributed by atoms with E-state index in [1.807, 2.05) is 67.6 Å². The van der Waals surface area contributed by atoms with Gasteiger partial charge >= 0.3 is 0 Å². The lowest BCUT2D eigenvalue weighted by Crippen LogP contribution is -2.38. The number of piperidine rings is 1. The highest BCUT2D eigenvalue weighted by Crippen LogP contribution is 2.70. The van der Waals surface area contributed by atoms with Crippen molar-refractivity contribution in [3.63, 3.8) is 0 Å². The van der Waals surface area contributed by atoms with Gasteiger partial charge in [0.2, 0.25) is 11.8 Å². The Kier molecular flexibility index (Phi) is 4.85. The number of fused-ring (bicyclic) bond motifs is 2. The first-order chi connectivity index (χ1) is 18.5. The number of carbonyl (C=O) groups is 2. The Labute approximate surface area is 218 Å². The van der Waals surface area contributed by atoms with Crippen LogP contribution in [0.15, 0.2) is 97.3 Å². The number of nitrogens with zero attached hydrogens (tertiary/aromatic N) is 4. The van der Waals surface area contributed by atoms with Gasteiger partial charge in [-0.05, 0) is 72.1 Å². The molecule has 1 aliphatic carbocycles. The molecule has 2 aromatic heterocycles. The van der Waals surface area contributed by atoms with E-state index >= 15 is 0 Å². The Morgan fingerprint density at radius 1 is 0.921 bits per heavy atom. The Hall–Kier alpha value is -4.65. The predicted molar refractivity (Wildman–Crippen MR) is 140 cm³/mol. The van der Waals surface area contributed by atoms with Crippen molar-refractivity contribution < 1.29 is 14.0 Å². The maximum absolute atomic E-state index is 14.2. The van der Waals surface area contributed by atoms with Crippen LogP contribution in [0, 0.1) is 18.7 Å². The van der Waals surface area contributed by atoms with E-state index in [1.165, 1.54) is 17.0 Å². The largest absolute Gasteiger partial charge is 0.277 e. The molecule has 2 fully saturated rings. The molecule has 3 heterocycles. The fraction of sp³-hybridized carbons (Fsp3) is 0.161. The molecule has 3 atom stereocenters. The van der Waals surface area contributed by atoms with Crippen molar-refractivity contribution in [2.45, 2.75) is 24.8 Å². The summed E-state index contributed by atoms with van der Waals surface area (Å²) in [5.74, 6) is -1.47. The number of rotatable bonds is 5. The van der Waals surface area contributed by atoms with Gasteiger partial charge in [-0.3, -0.25) is 19.5 Å². The van der Waals surface area contributed by atoms with Crippen molar-refractivity contribution in [2.24, 2.45) is 5.92 Å². The van der Waals surface area contributed by atoms with Crippen molar-refractivity contribution in [3.05, 3.63) is 126 Å². The highest BCUT2D eigenvalue weighted by molar-refractivity contribution is 6.17. The Bertz CT molecular complexity index is 1720. The molecule has 1 saturated heterocycles. The summed E-state index contributed by atoms with van der Waals surface area (Å²) in [5.41, 5.74) is 3.97. The Morgan fingerprint density at radius 2 is 1.68 bits per heavy atom. The summed E-state index contributed by atoms with van der Waals surface area (Å²) in [6.45, 7) is 2.21. The summed E-state index contributed by atoms with van der Waals surface area (Å²) in [4.78, 5) is 33.9. The monoisotopic (exact) mass is 502 g/mol. The molecule has 2 amide bonds. The SMILES string of the molecule is Cc1cc2c(cnn2-c2ccc(F)cc2)cc1[C@@]12C(=O)N(Cc3ccccc3)C(=O)[C@@H]1[C@@H]2c1ccccn1. The number of aryl methyl sites for hydroxylation is 1. The van der Waals surface area contributed by atoms with E-state index in [4.69, 9.17) is 0 Å². The van der Waals surface area contributed by atoms with Crippen molar-refractivity contribution in [1.29, 1.82) is 0 Å². The molecule has 7 rings (SSSR count). The molecule has 5 aromatic rings. The summed E-state index contributed by atoms with van der Waals surface area (Å²) in [6.07, 6.45) is 3.45. The van der Waals surface area contributed by atoms with E-state index in [-0.39, 0.29) is 30.1 Å². The van der Waals surface area contributed by atoms with Crippen molar-refractivity contribution in [3.8, 4) is 5.69 Å². The van der Waals surface area contributed by atoms with Gasteiger partial charge in [-0.25, -0.2) is 9.07 Å². The van der Waals surface area contributed by atoms with Crippen LogP contribution >= 0.6 is 0 Å². The molecule has 6 nitrogen and oxygen atoms in total. The summed E-state index contributed by atoms with van der Waals surface area (Å²) in [5, 5.41) is 5.39. The first kappa shape index (κ1) is 22.5. The molecule has 0 radical (unpaired) electrons. The van der Waals surface area contributed by atoms with E-state index in [0.717, 1.165) is 39.0 Å². The van der Waals surface area contributed by atoms with Crippen LogP contribution < -0.4 is 0 Å². The highest BCUT2D eigenvalue weighted by atomic mass is 19.1. The van der Waals surface area contributed by atoms with E-state index in [1.54, 1.807) is 29.2 Å². The Balaban J connectivity index is 1.36. The molecule has 0 unspecified atom stereocenters. The fourth-order valence-corrected chi connectivity index (χ4v) is 6.22. The maximum atomic E-state index is 14.2. The number of amides is 2. The van der Waals surface area contributed by atoms with Crippen LogP contribution in [-0.2, 0) is 21.5 Å². The van der Waals surface area contributed by atoms with Crippen LogP contribution in [0.25, 0.3) is 16.6 Å². The summed E-state index contributed by atoms with van der Waals surface area (Å²) < 4.78 is 15.3. The molecule has 3 aromatic carbocycles. The second-order valence-corrected chi connectivity index (χ2v) is 10.1. The van der Waals surface area contributed by atoms with Crippen molar-refractivity contribution >= 4 is 22.7 Å². The van der Waals surface area contributed by atoms with Crippen molar-refractivity contribution in [1.82, 2.24) is 19.7 Å². The zero-order valence-corrected chi connectivity index (χ0v) is 20.6. The third-order valence-electron chi connectivity index (χ3n) is 7.96. The quantitative estimate of drug-likeness (QED) is 0.314. The topological polar surface area (TPSA) is 68.1 Å². The molecule has 0 bridgehead atoms. The number of pyridine rings is 1. The average molecular weight is 503 g/mol. The average Bonchev–Trinajstić information content (AvgIpc) is 3.40. The third kappa shape index (κ3) is 3.11. The molecule has 1 saturated carbocycles. The molecule has 0 N–H and O–H groups in total. The molecule has 186 valence electrons. The van der Waals surface area contributed by atoms with E-state index in [2.05, 4.69) is 10.1 Å². The van der Waals surface area contributed by atoms with Gasteiger partial charge in [0.25, 0.3) is 0 Å². The number of aromatic nitrogens is 3. The maximum Gasteiger partial charge on any atom is 0.241 e. The van der Waals surface area contributed by atoms with Crippen LogP contribution in [0.4, 0.5) is 4.39 Å². The number of likely N-dealkylation sites (tertiary alicyclic amines) is 1. The standard InChI is InChI=1S/C31H23FN4O2/c1-19-15-26-21(17-34-36(26)23-12-10-22(32)11-13-23)16-24(19)31-27(25-9-5-6-14-33-25)28(31)29(37)35(30(31)38)18-20-7-3-2-4-8-20/h2-17,27-28H,18H2,1H3/t27-,28-,31-/m0/s1. The van der Waals surface area contributed by atoms with Gasteiger partial charge in [-0.15, -0.1) is 0 Å². The lowest BCUT2D eigenvalue weighted by molar-refractivity contribution is -0.142. The number of carbonyl (C=O) groups excluding carboxylic acids is 2. The Morgan fingerprint density at radius 3 is 2.42 bits per heavy atom. The minimum Gasteiger partial charge on any atom is -0.277 e. The van der Waals surface area contributed by atoms with Gasteiger partial charge in [0, 0.05) is 23.2 Å². The lowest BCUT2D eigenvalue weighted by Gasteiger charge is -2.24.